The summed E-state index contributed by atoms with van der Waals surface area (Å²) >= 11 is 0. The third kappa shape index (κ3) is 6.54. The Labute approximate surface area is 233 Å². The Kier molecular flexibility index (Phi) is 8.69. The SMILES string of the molecule is COCCOc1ccc(CN2C3CCC2CC(NC(=O)Cc2cccc(-c4ccc(C)cc4)c2)C3)c(C)c1C. The topological polar surface area (TPSA) is 50.8 Å². The van der Waals surface area contributed by atoms with Crippen LogP contribution in [0, 0.1) is 20.8 Å². The molecule has 2 atom stereocenters. The molecule has 5 nitrogen and oxygen atoms in total. The van der Waals surface area contributed by atoms with Crippen LogP contribution in [0.3, 0.4) is 0 Å². The normalized spacial score (nSPS) is 20.7. The first-order valence-electron chi connectivity index (χ1n) is 14.3. The molecule has 0 radical (unpaired) electrons. The summed E-state index contributed by atoms with van der Waals surface area (Å²) < 4.78 is 11.0. The molecule has 2 aliphatic rings. The number of carbonyl (C=O) groups is 1. The molecule has 2 saturated heterocycles. The Morgan fingerprint density at radius 3 is 2.36 bits per heavy atom. The van der Waals surface area contributed by atoms with Crippen molar-refractivity contribution in [1.29, 1.82) is 0 Å². The molecule has 5 rings (SSSR count). The van der Waals surface area contributed by atoms with Crippen molar-refractivity contribution in [3.8, 4) is 16.9 Å². The standard InChI is InChI=1S/C34H42N2O3/c1-23-8-10-27(11-9-23)28-7-5-6-26(18-28)19-34(37)35-30-20-31-13-14-32(21-30)36(31)22-29-12-15-33(25(3)24(29)2)39-17-16-38-4/h5-12,15,18,30-32H,13-14,16-17,19-22H2,1-4H3,(H,35,37). The molecule has 0 aromatic heterocycles. The average Bonchev–Trinajstić information content (AvgIpc) is 3.15. The van der Waals surface area contributed by atoms with E-state index in [-0.39, 0.29) is 11.9 Å². The summed E-state index contributed by atoms with van der Waals surface area (Å²) in [5, 5.41) is 3.38. The monoisotopic (exact) mass is 526 g/mol. The highest BCUT2D eigenvalue weighted by molar-refractivity contribution is 5.79. The first-order chi connectivity index (χ1) is 18.9. The number of aryl methyl sites for hydroxylation is 1. The molecule has 0 saturated carbocycles. The van der Waals surface area contributed by atoms with Gasteiger partial charge in [-0.15, -0.1) is 0 Å². The van der Waals surface area contributed by atoms with Crippen LogP contribution in [0.5, 0.6) is 5.75 Å². The zero-order chi connectivity index (χ0) is 27.4. The van der Waals surface area contributed by atoms with Gasteiger partial charge in [0.05, 0.1) is 13.0 Å². The largest absolute Gasteiger partial charge is 0.491 e. The maximum atomic E-state index is 13.0. The van der Waals surface area contributed by atoms with Gasteiger partial charge in [0.25, 0.3) is 0 Å². The molecule has 5 heteroatoms. The number of methoxy groups -OCH3 is 1. The highest BCUT2D eigenvalue weighted by Gasteiger charge is 2.41. The lowest BCUT2D eigenvalue weighted by atomic mass is 9.94. The first-order valence-corrected chi connectivity index (χ1v) is 14.3. The third-order valence-corrected chi connectivity index (χ3v) is 8.67. The highest BCUT2D eigenvalue weighted by atomic mass is 16.5. The molecule has 2 unspecified atom stereocenters. The van der Waals surface area contributed by atoms with Gasteiger partial charge in [0.1, 0.15) is 12.4 Å². The maximum Gasteiger partial charge on any atom is 0.224 e. The summed E-state index contributed by atoms with van der Waals surface area (Å²) in [6.07, 6.45) is 4.91. The van der Waals surface area contributed by atoms with E-state index in [0.29, 0.717) is 31.7 Å². The molecule has 2 bridgehead atoms. The Balaban J connectivity index is 1.16. The lowest BCUT2D eigenvalue weighted by Gasteiger charge is -2.39. The number of amides is 1. The van der Waals surface area contributed by atoms with Gasteiger partial charge >= 0.3 is 0 Å². The molecule has 3 aromatic carbocycles. The maximum absolute atomic E-state index is 13.0. The van der Waals surface area contributed by atoms with Gasteiger partial charge in [-0.25, -0.2) is 0 Å². The Bertz CT molecular complexity index is 1270. The molecule has 0 aliphatic carbocycles. The second-order valence-electron chi connectivity index (χ2n) is 11.4. The van der Waals surface area contributed by atoms with Gasteiger partial charge in [-0.2, -0.15) is 0 Å². The third-order valence-electron chi connectivity index (χ3n) is 8.67. The Hall–Kier alpha value is -3.15. The number of ether oxygens (including phenoxy) is 2. The number of rotatable bonds is 10. The molecular weight excluding hydrogens is 484 g/mol. The van der Waals surface area contributed by atoms with Crippen LogP contribution in [-0.2, 0) is 22.5 Å². The van der Waals surface area contributed by atoms with Crippen LogP contribution in [0.15, 0.2) is 60.7 Å². The van der Waals surface area contributed by atoms with Crippen molar-refractivity contribution in [2.24, 2.45) is 0 Å². The molecule has 1 N–H and O–H groups in total. The fraction of sp³-hybridized carbons (Fsp3) is 0.441. The van der Waals surface area contributed by atoms with Crippen molar-refractivity contribution in [2.45, 2.75) is 77.5 Å². The van der Waals surface area contributed by atoms with Gasteiger partial charge in [0, 0.05) is 31.8 Å². The van der Waals surface area contributed by atoms with Crippen molar-refractivity contribution in [3.63, 3.8) is 0 Å². The molecule has 0 spiro atoms. The van der Waals surface area contributed by atoms with E-state index < -0.39 is 0 Å². The summed E-state index contributed by atoms with van der Waals surface area (Å²) in [6, 6.07) is 22.6. The summed E-state index contributed by atoms with van der Waals surface area (Å²) in [5.41, 5.74) is 8.56. The zero-order valence-electron chi connectivity index (χ0n) is 23.8. The number of hydrogen-bond donors (Lipinski definition) is 1. The summed E-state index contributed by atoms with van der Waals surface area (Å²) in [4.78, 5) is 15.7. The van der Waals surface area contributed by atoms with E-state index in [1.165, 1.54) is 40.7 Å². The molecule has 2 fully saturated rings. The minimum absolute atomic E-state index is 0.129. The van der Waals surface area contributed by atoms with Crippen LogP contribution in [0.4, 0.5) is 0 Å². The molecule has 1 amide bonds. The van der Waals surface area contributed by atoms with E-state index in [1.807, 2.05) is 0 Å². The van der Waals surface area contributed by atoms with Crippen LogP contribution in [-0.4, -0.2) is 49.3 Å². The van der Waals surface area contributed by atoms with Crippen molar-refractivity contribution in [2.75, 3.05) is 20.3 Å². The van der Waals surface area contributed by atoms with Gasteiger partial charge in [0.2, 0.25) is 5.91 Å². The van der Waals surface area contributed by atoms with Crippen molar-refractivity contribution < 1.29 is 14.3 Å². The van der Waals surface area contributed by atoms with Gasteiger partial charge in [0.15, 0.2) is 0 Å². The molecule has 3 aromatic rings. The molecule has 2 aliphatic heterocycles. The first kappa shape index (κ1) is 27.4. The molecule has 2 heterocycles. The molecular formula is C34H42N2O3. The van der Waals surface area contributed by atoms with Crippen molar-refractivity contribution >= 4 is 5.91 Å². The van der Waals surface area contributed by atoms with Gasteiger partial charge < -0.3 is 14.8 Å². The highest BCUT2D eigenvalue weighted by Crippen LogP contribution is 2.38. The Morgan fingerprint density at radius 1 is 0.897 bits per heavy atom. The average molecular weight is 527 g/mol. The van der Waals surface area contributed by atoms with Gasteiger partial charge in [-0.1, -0.05) is 60.2 Å². The number of nitrogens with one attached hydrogen (secondary N) is 1. The minimum atomic E-state index is 0.129. The number of nitrogens with zero attached hydrogens (tertiary/aromatic N) is 1. The number of piperidine rings is 1. The van der Waals surface area contributed by atoms with Crippen molar-refractivity contribution in [1.82, 2.24) is 10.2 Å². The van der Waals surface area contributed by atoms with E-state index in [9.17, 15) is 4.79 Å². The van der Waals surface area contributed by atoms with E-state index in [1.54, 1.807) is 7.11 Å². The zero-order valence-corrected chi connectivity index (χ0v) is 23.8. The summed E-state index contributed by atoms with van der Waals surface area (Å²) in [6.45, 7) is 8.57. The summed E-state index contributed by atoms with van der Waals surface area (Å²) in [7, 11) is 1.69. The van der Waals surface area contributed by atoms with Crippen LogP contribution in [0.1, 0.15) is 53.5 Å². The fourth-order valence-electron chi connectivity index (χ4n) is 6.33. The van der Waals surface area contributed by atoms with E-state index >= 15 is 0 Å². The second kappa shape index (κ2) is 12.4. The lowest BCUT2D eigenvalue weighted by molar-refractivity contribution is -0.121. The number of hydrogen-bond acceptors (Lipinski definition) is 4. The number of fused-ring (bicyclic) bond motifs is 2. The minimum Gasteiger partial charge on any atom is -0.491 e. The van der Waals surface area contributed by atoms with Crippen LogP contribution < -0.4 is 10.1 Å². The van der Waals surface area contributed by atoms with Crippen LogP contribution in [0.2, 0.25) is 0 Å². The fourth-order valence-corrected chi connectivity index (χ4v) is 6.33. The van der Waals surface area contributed by atoms with E-state index in [4.69, 9.17) is 9.47 Å². The van der Waals surface area contributed by atoms with E-state index in [0.717, 1.165) is 36.3 Å². The summed E-state index contributed by atoms with van der Waals surface area (Å²) in [5.74, 6) is 1.08. The smallest absolute Gasteiger partial charge is 0.224 e. The van der Waals surface area contributed by atoms with Gasteiger partial charge in [-0.3, -0.25) is 9.69 Å². The van der Waals surface area contributed by atoms with Crippen LogP contribution in [0.25, 0.3) is 11.1 Å². The second-order valence-corrected chi connectivity index (χ2v) is 11.4. The Morgan fingerprint density at radius 2 is 1.64 bits per heavy atom. The number of carbonyl (C=O) groups excluding carboxylic acids is 1. The predicted octanol–water partition coefficient (Wildman–Crippen LogP) is 6.16. The van der Waals surface area contributed by atoms with E-state index in [2.05, 4.69) is 91.7 Å². The molecule has 206 valence electrons. The molecule has 39 heavy (non-hydrogen) atoms. The lowest BCUT2D eigenvalue weighted by Crippen LogP contribution is -2.50. The number of benzene rings is 3. The predicted molar refractivity (Wildman–Crippen MR) is 157 cm³/mol. The van der Waals surface area contributed by atoms with Gasteiger partial charge in [-0.05, 0) is 85.9 Å². The van der Waals surface area contributed by atoms with Crippen LogP contribution >= 0.6 is 0 Å². The van der Waals surface area contributed by atoms with Crippen molar-refractivity contribution in [3.05, 3.63) is 88.5 Å². The quantitative estimate of drug-likeness (QED) is 0.322.